The van der Waals surface area contributed by atoms with Gasteiger partial charge < -0.3 is 31.2 Å². The molecule has 9 nitrogen and oxygen atoms in total. The second-order valence-electron chi connectivity index (χ2n) is 8.05. The largest absolute Gasteiger partial charge is 0.497 e. The molecule has 1 heterocycles. The first-order valence-electron chi connectivity index (χ1n) is 11.1. The van der Waals surface area contributed by atoms with Crippen LogP contribution in [0.3, 0.4) is 0 Å². The summed E-state index contributed by atoms with van der Waals surface area (Å²) in [4.78, 5) is 39.4. The molecule has 2 amide bonds. The van der Waals surface area contributed by atoms with Gasteiger partial charge in [0, 0.05) is 29.2 Å². The molecular formula is C25H30N4O5. The van der Waals surface area contributed by atoms with E-state index in [1.54, 1.807) is 31.4 Å². The van der Waals surface area contributed by atoms with Gasteiger partial charge in [0.05, 0.1) is 13.2 Å². The molecule has 180 valence electrons. The van der Waals surface area contributed by atoms with Crippen molar-refractivity contribution in [3.8, 4) is 5.75 Å². The van der Waals surface area contributed by atoms with Gasteiger partial charge in [-0.15, -0.1) is 0 Å². The first-order valence-corrected chi connectivity index (χ1v) is 11.1. The van der Waals surface area contributed by atoms with Gasteiger partial charge in [-0.2, -0.15) is 0 Å². The number of benzene rings is 2. The van der Waals surface area contributed by atoms with Gasteiger partial charge in [0.1, 0.15) is 11.8 Å². The van der Waals surface area contributed by atoms with Crippen LogP contribution in [0.1, 0.15) is 35.2 Å². The molecule has 0 aliphatic carbocycles. The van der Waals surface area contributed by atoms with Crippen molar-refractivity contribution in [2.24, 2.45) is 5.73 Å². The minimum atomic E-state index is -1.12. The number of ether oxygens (including phenoxy) is 1. The van der Waals surface area contributed by atoms with Crippen molar-refractivity contribution in [1.29, 1.82) is 0 Å². The van der Waals surface area contributed by atoms with Crippen molar-refractivity contribution in [3.05, 3.63) is 65.9 Å². The smallest absolute Gasteiger partial charge is 0.326 e. The second kappa shape index (κ2) is 11.9. The number of amides is 2. The van der Waals surface area contributed by atoms with Crippen LogP contribution >= 0.6 is 0 Å². The van der Waals surface area contributed by atoms with E-state index in [0.29, 0.717) is 37.1 Å². The number of nitrogens with two attached hydrogens (primary N) is 1. The highest BCUT2D eigenvalue weighted by atomic mass is 16.5. The lowest BCUT2D eigenvalue weighted by Gasteiger charge is -2.18. The van der Waals surface area contributed by atoms with Crippen molar-refractivity contribution in [1.82, 2.24) is 15.6 Å². The summed E-state index contributed by atoms with van der Waals surface area (Å²) in [5.74, 6) is -1.17. The Bertz CT molecular complexity index is 1130. The lowest BCUT2D eigenvalue weighted by atomic mass is 10.0. The standard InChI is InChI=1S/C25H30N4O5/c1-34-18-11-9-16(10-12-18)23(30)27-13-5-4-8-22(25(32)33)29-24(31)20(26)14-17-15-28-21-7-3-2-6-19(17)21/h2-3,6-7,9-12,15,20,22,28H,4-5,8,13-14,26H2,1H3,(H,27,30)(H,29,31)(H,32,33)/t20-,22+/m0/s1. The molecule has 0 saturated heterocycles. The van der Waals surface area contributed by atoms with E-state index in [-0.39, 0.29) is 12.3 Å². The minimum absolute atomic E-state index is 0.214. The number of para-hydroxylation sites is 1. The van der Waals surface area contributed by atoms with E-state index in [9.17, 15) is 19.5 Å². The summed E-state index contributed by atoms with van der Waals surface area (Å²) in [5, 5.41) is 15.8. The number of nitrogens with one attached hydrogen (secondary N) is 3. The molecule has 34 heavy (non-hydrogen) atoms. The van der Waals surface area contributed by atoms with Gasteiger partial charge in [-0.1, -0.05) is 18.2 Å². The monoisotopic (exact) mass is 466 g/mol. The van der Waals surface area contributed by atoms with Crippen LogP contribution in [0, 0.1) is 0 Å². The van der Waals surface area contributed by atoms with E-state index in [1.807, 2.05) is 30.5 Å². The third kappa shape index (κ3) is 6.58. The zero-order valence-corrected chi connectivity index (χ0v) is 19.0. The van der Waals surface area contributed by atoms with Gasteiger partial charge in [-0.3, -0.25) is 9.59 Å². The Balaban J connectivity index is 1.42. The molecule has 0 spiro atoms. The maximum Gasteiger partial charge on any atom is 0.326 e. The van der Waals surface area contributed by atoms with E-state index in [1.165, 1.54) is 0 Å². The van der Waals surface area contributed by atoms with Gasteiger partial charge in [0.15, 0.2) is 0 Å². The fourth-order valence-electron chi connectivity index (χ4n) is 3.69. The number of fused-ring (bicyclic) bond motifs is 1. The Morgan fingerprint density at radius 2 is 1.82 bits per heavy atom. The zero-order chi connectivity index (χ0) is 24.5. The van der Waals surface area contributed by atoms with Crippen LogP contribution in [0.4, 0.5) is 0 Å². The fourth-order valence-corrected chi connectivity index (χ4v) is 3.69. The first kappa shape index (κ1) is 24.8. The molecular weight excluding hydrogens is 436 g/mol. The third-order valence-corrected chi connectivity index (χ3v) is 5.62. The normalized spacial score (nSPS) is 12.6. The van der Waals surface area contributed by atoms with E-state index in [2.05, 4.69) is 15.6 Å². The summed E-state index contributed by atoms with van der Waals surface area (Å²) in [6, 6.07) is 12.5. The third-order valence-electron chi connectivity index (χ3n) is 5.62. The Hall–Kier alpha value is -3.85. The molecule has 0 aliphatic rings. The molecule has 0 aliphatic heterocycles. The van der Waals surface area contributed by atoms with E-state index >= 15 is 0 Å². The zero-order valence-electron chi connectivity index (χ0n) is 19.0. The molecule has 0 fully saturated rings. The second-order valence-corrected chi connectivity index (χ2v) is 8.05. The number of aliphatic carboxylic acids is 1. The number of methoxy groups -OCH3 is 1. The molecule has 0 bridgehead atoms. The predicted octanol–water partition coefficient (Wildman–Crippen LogP) is 2.22. The van der Waals surface area contributed by atoms with Crippen LogP contribution < -0.4 is 21.1 Å². The molecule has 3 aromatic rings. The number of hydrogen-bond donors (Lipinski definition) is 5. The van der Waals surface area contributed by atoms with Gasteiger partial charge in [-0.25, -0.2) is 4.79 Å². The SMILES string of the molecule is COc1ccc(C(=O)NCCCC[C@@H](NC(=O)[C@@H](N)Cc2c[nH]c3ccccc23)C(=O)O)cc1. The summed E-state index contributed by atoms with van der Waals surface area (Å²) in [7, 11) is 1.55. The van der Waals surface area contributed by atoms with Crippen LogP contribution in [-0.2, 0) is 16.0 Å². The number of aromatic amines is 1. The van der Waals surface area contributed by atoms with Crippen LogP contribution in [0.2, 0.25) is 0 Å². The summed E-state index contributed by atoms with van der Waals surface area (Å²) in [5.41, 5.74) is 8.42. The number of hydrogen-bond acceptors (Lipinski definition) is 5. The van der Waals surface area contributed by atoms with Crippen LogP contribution in [0.5, 0.6) is 5.75 Å². The van der Waals surface area contributed by atoms with Gasteiger partial charge in [0.25, 0.3) is 5.91 Å². The van der Waals surface area contributed by atoms with Crippen molar-refractivity contribution < 1.29 is 24.2 Å². The van der Waals surface area contributed by atoms with Crippen LogP contribution in [0.15, 0.2) is 54.7 Å². The van der Waals surface area contributed by atoms with Crippen molar-refractivity contribution >= 4 is 28.7 Å². The first-order chi connectivity index (χ1) is 16.4. The molecule has 9 heteroatoms. The highest BCUT2D eigenvalue weighted by Crippen LogP contribution is 2.19. The molecule has 2 aromatic carbocycles. The van der Waals surface area contributed by atoms with Crippen LogP contribution in [-0.4, -0.2) is 53.6 Å². The summed E-state index contributed by atoms with van der Waals surface area (Å²) in [6.45, 7) is 0.394. The van der Waals surface area contributed by atoms with Gasteiger partial charge in [0.2, 0.25) is 5.91 Å². The van der Waals surface area contributed by atoms with Crippen molar-refractivity contribution in [2.75, 3.05) is 13.7 Å². The van der Waals surface area contributed by atoms with E-state index < -0.39 is 24.0 Å². The number of H-pyrrole nitrogens is 1. The number of carbonyl (C=O) groups is 3. The molecule has 0 saturated carbocycles. The molecule has 6 N–H and O–H groups in total. The Kier molecular flexibility index (Phi) is 8.64. The number of carbonyl (C=O) groups excluding carboxylic acids is 2. The average molecular weight is 467 g/mol. The number of carboxylic acids is 1. The number of carboxylic acid groups (broad SMARTS) is 1. The lowest BCUT2D eigenvalue weighted by Crippen LogP contribution is -2.49. The topological polar surface area (TPSA) is 147 Å². The molecule has 0 unspecified atom stereocenters. The number of unbranched alkanes of at least 4 members (excludes halogenated alkanes) is 1. The summed E-state index contributed by atoms with van der Waals surface area (Å²) in [6.07, 6.45) is 3.42. The van der Waals surface area contributed by atoms with Crippen molar-refractivity contribution in [3.63, 3.8) is 0 Å². The Morgan fingerprint density at radius 3 is 2.53 bits per heavy atom. The summed E-state index contributed by atoms with van der Waals surface area (Å²) >= 11 is 0. The highest BCUT2D eigenvalue weighted by molar-refractivity contribution is 5.94. The van der Waals surface area contributed by atoms with E-state index in [0.717, 1.165) is 16.5 Å². The van der Waals surface area contributed by atoms with Gasteiger partial charge >= 0.3 is 5.97 Å². The maximum atomic E-state index is 12.5. The van der Waals surface area contributed by atoms with Crippen LogP contribution in [0.25, 0.3) is 10.9 Å². The minimum Gasteiger partial charge on any atom is -0.497 e. The Morgan fingerprint density at radius 1 is 1.09 bits per heavy atom. The Labute approximate surface area is 197 Å². The molecule has 1 aromatic heterocycles. The maximum absolute atomic E-state index is 12.5. The van der Waals surface area contributed by atoms with Gasteiger partial charge in [-0.05, 0) is 61.6 Å². The molecule has 2 atom stereocenters. The summed E-state index contributed by atoms with van der Waals surface area (Å²) < 4.78 is 5.07. The lowest BCUT2D eigenvalue weighted by molar-refractivity contribution is -0.142. The van der Waals surface area contributed by atoms with Crippen molar-refractivity contribution in [2.45, 2.75) is 37.8 Å². The fraction of sp³-hybridized carbons (Fsp3) is 0.320. The molecule has 3 rings (SSSR count). The number of rotatable bonds is 12. The van der Waals surface area contributed by atoms with E-state index in [4.69, 9.17) is 10.5 Å². The highest BCUT2D eigenvalue weighted by Gasteiger charge is 2.23. The number of aromatic nitrogens is 1. The quantitative estimate of drug-likeness (QED) is 0.259. The predicted molar refractivity (Wildman–Crippen MR) is 129 cm³/mol. The average Bonchev–Trinajstić information content (AvgIpc) is 3.25. The molecule has 0 radical (unpaired) electrons.